The Labute approximate surface area is 78.9 Å². The van der Waals surface area contributed by atoms with Crippen LogP contribution in [0.1, 0.15) is 20.3 Å². The minimum atomic E-state index is -0.750. The normalized spacial score (nSPS) is 35.3. The molecule has 0 saturated carbocycles. The van der Waals surface area contributed by atoms with Crippen molar-refractivity contribution in [2.75, 3.05) is 13.2 Å². The molecule has 1 fully saturated rings. The van der Waals surface area contributed by atoms with Crippen LogP contribution in [0.5, 0.6) is 0 Å². The summed E-state index contributed by atoms with van der Waals surface area (Å²) in [7, 11) is 0. The maximum absolute atomic E-state index is 9.54. The molecule has 0 radical (unpaired) electrons. The molecule has 4 heteroatoms. The molecule has 1 rings (SSSR count). The predicted octanol–water partition coefficient (Wildman–Crippen LogP) is -0.505. The fraction of sp³-hybridized carbons (Fsp3) is 1.00. The molecule has 0 amide bonds. The summed E-state index contributed by atoms with van der Waals surface area (Å²) in [6.45, 7) is 5.19. The lowest BCUT2D eigenvalue weighted by molar-refractivity contribution is -0.133. The van der Waals surface area contributed by atoms with Crippen LogP contribution in [0, 0.1) is 0 Å². The van der Waals surface area contributed by atoms with Crippen LogP contribution in [0.4, 0.5) is 0 Å². The van der Waals surface area contributed by atoms with Gasteiger partial charge in [-0.25, -0.2) is 0 Å². The second kappa shape index (κ2) is 4.91. The molecule has 0 aliphatic carbocycles. The predicted molar refractivity (Wildman–Crippen MR) is 49.5 cm³/mol. The molecule has 13 heavy (non-hydrogen) atoms. The van der Waals surface area contributed by atoms with Gasteiger partial charge in [-0.15, -0.1) is 0 Å². The van der Waals surface area contributed by atoms with Crippen molar-refractivity contribution in [3.63, 3.8) is 0 Å². The van der Waals surface area contributed by atoms with E-state index < -0.39 is 12.2 Å². The van der Waals surface area contributed by atoms with Crippen LogP contribution in [-0.4, -0.2) is 47.7 Å². The molecular formula is C9H19NO3. The third kappa shape index (κ3) is 3.23. The van der Waals surface area contributed by atoms with Gasteiger partial charge in [0, 0.05) is 19.2 Å². The van der Waals surface area contributed by atoms with Crippen molar-refractivity contribution in [2.45, 2.75) is 44.6 Å². The van der Waals surface area contributed by atoms with E-state index in [4.69, 9.17) is 4.74 Å². The van der Waals surface area contributed by atoms with E-state index in [0.29, 0.717) is 25.6 Å². The Morgan fingerprint density at radius 3 is 2.77 bits per heavy atom. The Kier molecular flexibility index (Phi) is 4.12. The zero-order chi connectivity index (χ0) is 9.84. The van der Waals surface area contributed by atoms with Crippen LogP contribution in [-0.2, 0) is 4.74 Å². The Bertz CT molecular complexity index is 152. The highest BCUT2D eigenvalue weighted by Gasteiger charge is 2.30. The van der Waals surface area contributed by atoms with Gasteiger partial charge < -0.3 is 20.3 Å². The zero-order valence-electron chi connectivity index (χ0n) is 8.23. The summed E-state index contributed by atoms with van der Waals surface area (Å²) in [5, 5.41) is 22.1. The molecule has 3 atom stereocenters. The zero-order valence-corrected chi connectivity index (χ0v) is 8.23. The quantitative estimate of drug-likeness (QED) is 0.560. The first kappa shape index (κ1) is 10.9. The van der Waals surface area contributed by atoms with Crippen molar-refractivity contribution in [1.29, 1.82) is 0 Å². The van der Waals surface area contributed by atoms with Crippen LogP contribution in [0.2, 0.25) is 0 Å². The number of aliphatic hydroxyl groups excluding tert-OH is 2. The van der Waals surface area contributed by atoms with E-state index in [2.05, 4.69) is 5.32 Å². The fourth-order valence-corrected chi connectivity index (χ4v) is 1.39. The number of nitrogens with one attached hydrogen (secondary N) is 1. The van der Waals surface area contributed by atoms with Crippen molar-refractivity contribution >= 4 is 0 Å². The summed E-state index contributed by atoms with van der Waals surface area (Å²) < 4.78 is 5.34. The van der Waals surface area contributed by atoms with Crippen molar-refractivity contribution in [1.82, 2.24) is 5.32 Å². The smallest absolute Gasteiger partial charge is 0.107 e. The molecule has 0 aromatic rings. The second-order valence-corrected chi connectivity index (χ2v) is 3.82. The largest absolute Gasteiger partial charge is 0.390 e. The van der Waals surface area contributed by atoms with Gasteiger partial charge in [-0.3, -0.25) is 0 Å². The Morgan fingerprint density at radius 1 is 1.46 bits per heavy atom. The first-order valence-electron chi connectivity index (χ1n) is 4.82. The fourth-order valence-electron chi connectivity index (χ4n) is 1.39. The number of rotatable bonds is 3. The number of hydrogen-bond donors (Lipinski definition) is 3. The minimum absolute atomic E-state index is 0.272. The van der Waals surface area contributed by atoms with E-state index in [1.54, 1.807) is 0 Å². The van der Waals surface area contributed by atoms with Gasteiger partial charge in [-0.1, -0.05) is 13.8 Å². The molecule has 1 aliphatic rings. The third-order valence-electron chi connectivity index (χ3n) is 2.25. The van der Waals surface area contributed by atoms with Gasteiger partial charge in [-0.2, -0.15) is 0 Å². The standard InChI is InChI=1S/C9H19NO3/c1-6(2)10-5-8-9(12)7(11)3-4-13-8/h6-12H,3-5H2,1-2H3/t7-,8?,9+/m1/s1. The molecule has 1 aliphatic heterocycles. The molecule has 3 N–H and O–H groups in total. The number of aliphatic hydroxyl groups is 2. The highest BCUT2D eigenvalue weighted by molar-refractivity contribution is 4.82. The number of hydrogen-bond acceptors (Lipinski definition) is 4. The lowest BCUT2D eigenvalue weighted by atomic mass is 10.0. The molecule has 0 bridgehead atoms. The van der Waals surface area contributed by atoms with E-state index in [-0.39, 0.29) is 6.10 Å². The molecule has 1 heterocycles. The lowest BCUT2D eigenvalue weighted by Crippen LogP contribution is -2.49. The van der Waals surface area contributed by atoms with Gasteiger partial charge in [0.15, 0.2) is 0 Å². The van der Waals surface area contributed by atoms with Crippen molar-refractivity contribution in [3.05, 3.63) is 0 Å². The van der Waals surface area contributed by atoms with Crippen LogP contribution in [0.3, 0.4) is 0 Å². The van der Waals surface area contributed by atoms with Gasteiger partial charge in [0.05, 0.1) is 12.2 Å². The monoisotopic (exact) mass is 189 g/mol. The third-order valence-corrected chi connectivity index (χ3v) is 2.25. The van der Waals surface area contributed by atoms with Crippen LogP contribution in [0.25, 0.3) is 0 Å². The minimum Gasteiger partial charge on any atom is -0.390 e. The molecule has 4 nitrogen and oxygen atoms in total. The molecule has 78 valence electrons. The highest BCUT2D eigenvalue weighted by atomic mass is 16.5. The van der Waals surface area contributed by atoms with Crippen LogP contribution >= 0.6 is 0 Å². The summed E-state index contributed by atoms with van der Waals surface area (Å²) in [5.74, 6) is 0. The molecule has 1 unspecified atom stereocenters. The Morgan fingerprint density at radius 2 is 2.15 bits per heavy atom. The summed E-state index contributed by atoms with van der Waals surface area (Å²) in [6.07, 6.45) is -1.13. The molecular weight excluding hydrogens is 170 g/mol. The van der Waals surface area contributed by atoms with Crippen molar-refractivity contribution < 1.29 is 14.9 Å². The van der Waals surface area contributed by atoms with Gasteiger partial charge in [0.25, 0.3) is 0 Å². The average Bonchev–Trinajstić information content (AvgIpc) is 2.07. The molecule has 1 saturated heterocycles. The average molecular weight is 189 g/mol. The Balaban J connectivity index is 2.31. The van der Waals surface area contributed by atoms with Crippen LogP contribution < -0.4 is 5.32 Å². The molecule has 0 spiro atoms. The van der Waals surface area contributed by atoms with E-state index in [1.165, 1.54) is 0 Å². The lowest BCUT2D eigenvalue weighted by Gasteiger charge is -2.32. The first-order chi connectivity index (χ1) is 6.11. The summed E-state index contributed by atoms with van der Waals surface area (Å²) in [4.78, 5) is 0. The van der Waals surface area contributed by atoms with Crippen molar-refractivity contribution in [2.24, 2.45) is 0 Å². The summed E-state index contributed by atoms with van der Waals surface area (Å²) in [6, 6.07) is 0.370. The highest BCUT2D eigenvalue weighted by Crippen LogP contribution is 2.13. The van der Waals surface area contributed by atoms with Gasteiger partial charge in [-0.05, 0) is 6.42 Å². The maximum Gasteiger partial charge on any atom is 0.107 e. The van der Waals surface area contributed by atoms with Gasteiger partial charge >= 0.3 is 0 Å². The summed E-state index contributed by atoms with van der Waals surface area (Å²) >= 11 is 0. The number of ether oxygens (including phenoxy) is 1. The van der Waals surface area contributed by atoms with E-state index >= 15 is 0 Å². The SMILES string of the molecule is CC(C)NCC1OCC[C@@H](O)[C@@H]1O. The van der Waals surface area contributed by atoms with Crippen molar-refractivity contribution in [3.8, 4) is 0 Å². The first-order valence-corrected chi connectivity index (χ1v) is 4.82. The second-order valence-electron chi connectivity index (χ2n) is 3.82. The van der Waals surface area contributed by atoms with Gasteiger partial charge in [0.2, 0.25) is 0 Å². The molecule has 0 aromatic heterocycles. The Hall–Kier alpha value is -0.160. The van der Waals surface area contributed by atoms with E-state index in [9.17, 15) is 10.2 Å². The maximum atomic E-state index is 9.54. The summed E-state index contributed by atoms with van der Waals surface area (Å²) in [5.41, 5.74) is 0. The van der Waals surface area contributed by atoms with Crippen LogP contribution in [0.15, 0.2) is 0 Å². The van der Waals surface area contributed by atoms with E-state index in [1.807, 2.05) is 13.8 Å². The topological polar surface area (TPSA) is 61.7 Å². The molecule has 0 aromatic carbocycles. The van der Waals surface area contributed by atoms with E-state index in [0.717, 1.165) is 0 Å². The van der Waals surface area contributed by atoms with Gasteiger partial charge in [0.1, 0.15) is 6.10 Å².